The third-order valence-corrected chi connectivity index (χ3v) is 14.6. The standard InChI is InChI=1S/C67H114O14/c1-3-5-7-9-11-13-15-17-19-21-23-25-27-29-31-33-35-37-39-41-43-45-47-49-51-76-53-56(54-77-66-65(75)63(73)61(71)58(81-66)55-78-67-64(74)62(72)60(70)57(52-68)80-67)79-59(69)50-48-46-44-42-40-38-36-34-32-30-28-26-24-22-20-18-16-14-12-10-8-6-4-2/h5-8,11-14,17-20,23-26,56-58,60-68,70-75H,3-4,9-10,15-16,21-22,27-55H2,1-2H3/b7-5-,8-6-,13-11-,14-12-,19-17-,20-18-,25-23-,26-24-. The molecule has 0 aromatic heterocycles. The largest absolute Gasteiger partial charge is 0.457 e. The summed E-state index contributed by atoms with van der Waals surface area (Å²) >= 11 is 0. The zero-order valence-corrected chi connectivity index (χ0v) is 50.2. The number of rotatable bonds is 51. The molecule has 11 atom stereocenters. The molecule has 2 fully saturated rings. The topological polar surface area (TPSA) is 214 Å². The van der Waals surface area contributed by atoms with Crippen LogP contribution in [-0.2, 0) is 33.2 Å². The van der Waals surface area contributed by atoms with E-state index in [0.29, 0.717) is 13.0 Å². The number of hydrogen-bond acceptors (Lipinski definition) is 14. The molecular formula is C67H114O14. The SMILES string of the molecule is CC/C=C\C/C=C\C/C=C\C/C=C\CCCCCCCCCCCCCOCC(COC1OC(COC2OC(CO)C(O)C(O)C2O)C(O)C(O)C1O)OC(=O)CCCCCCCCCCCC/C=C\C/C=C\C/C=C\C/C=C\CC. The van der Waals surface area contributed by atoms with Crippen LogP contribution >= 0.6 is 0 Å². The van der Waals surface area contributed by atoms with Gasteiger partial charge in [-0.05, 0) is 89.9 Å². The van der Waals surface area contributed by atoms with Gasteiger partial charge in [0.25, 0.3) is 0 Å². The highest BCUT2D eigenvalue weighted by Gasteiger charge is 2.47. The quantitative estimate of drug-likeness (QED) is 0.0172. The summed E-state index contributed by atoms with van der Waals surface area (Å²) in [5.41, 5.74) is 0. The van der Waals surface area contributed by atoms with Crippen molar-refractivity contribution in [1.82, 2.24) is 0 Å². The molecule has 7 N–H and O–H groups in total. The van der Waals surface area contributed by atoms with E-state index in [1.807, 2.05) is 0 Å². The minimum Gasteiger partial charge on any atom is -0.457 e. The van der Waals surface area contributed by atoms with Crippen molar-refractivity contribution in [1.29, 1.82) is 0 Å². The molecule has 14 heteroatoms. The van der Waals surface area contributed by atoms with Gasteiger partial charge in [0.2, 0.25) is 0 Å². The maximum absolute atomic E-state index is 13.1. The van der Waals surface area contributed by atoms with Crippen LogP contribution in [0.2, 0.25) is 0 Å². The van der Waals surface area contributed by atoms with E-state index in [2.05, 4.69) is 111 Å². The second-order valence-electron chi connectivity index (χ2n) is 21.8. The van der Waals surface area contributed by atoms with Gasteiger partial charge in [-0.15, -0.1) is 0 Å². The van der Waals surface area contributed by atoms with Crippen LogP contribution in [0.1, 0.15) is 219 Å². The summed E-state index contributed by atoms with van der Waals surface area (Å²) in [5, 5.41) is 72.5. The Balaban J connectivity index is 1.68. The van der Waals surface area contributed by atoms with Crippen molar-refractivity contribution in [3.05, 3.63) is 97.2 Å². The van der Waals surface area contributed by atoms with Gasteiger partial charge in [0.15, 0.2) is 12.6 Å². The van der Waals surface area contributed by atoms with Gasteiger partial charge in [-0.2, -0.15) is 0 Å². The molecule has 0 radical (unpaired) electrons. The second-order valence-corrected chi connectivity index (χ2v) is 21.8. The van der Waals surface area contributed by atoms with Crippen LogP contribution in [0, 0.1) is 0 Å². The van der Waals surface area contributed by atoms with Gasteiger partial charge >= 0.3 is 5.97 Å². The zero-order chi connectivity index (χ0) is 58.6. The van der Waals surface area contributed by atoms with Crippen molar-refractivity contribution >= 4 is 5.97 Å². The Labute approximate surface area is 490 Å². The molecular weight excluding hydrogens is 1030 g/mol. The van der Waals surface area contributed by atoms with Crippen LogP contribution in [0.4, 0.5) is 0 Å². The predicted molar refractivity (Wildman–Crippen MR) is 325 cm³/mol. The van der Waals surface area contributed by atoms with E-state index in [4.69, 9.17) is 28.4 Å². The normalized spacial score (nSPS) is 24.4. The Bertz CT molecular complexity index is 1710. The van der Waals surface area contributed by atoms with E-state index < -0.39 is 80.7 Å². The van der Waals surface area contributed by atoms with Crippen LogP contribution in [0.25, 0.3) is 0 Å². The van der Waals surface area contributed by atoms with Crippen molar-refractivity contribution < 1.29 is 69.0 Å². The van der Waals surface area contributed by atoms with Crippen LogP contribution in [0.5, 0.6) is 0 Å². The number of aliphatic hydroxyl groups is 7. The zero-order valence-electron chi connectivity index (χ0n) is 50.2. The molecule has 2 saturated heterocycles. The van der Waals surface area contributed by atoms with E-state index in [9.17, 15) is 40.5 Å². The molecule has 2 aliphatic rings. The first-order valence-corrected chi connectivity index (χ1v) is 31.8. The average molecular weight is 1140 g/mol. The van der Waals surface area contributed by atoms with Crippen LogP contribution < -0.4 is 0 Å². The summed E-state index contributed by atoms with van der Waals surface area (Å²) in [6, 6.07) is 0. The third kappa shape index (κ3) is 38.5. The molecule has 0 aromatic rings. The fourth-order valence-electron chi connectivity index (χ4n) is 9.56. The van der Waals surface area contributed by atoms with Gasteiger partial charge in [-0.3, -0.25) is 4.79 Å². The summed E-state index contributed by atoms with van der Waals surface area (Å²) in [6.07, 6.45) is 54.6. The van der Waals surface area contributed by atoms with Crippen LogP contribution in [0.3, 0.4) is 0 Å². The van der Waals surface area contributed by atoms with Gasteiger partial charge in [0.1, 0.15) is 54.9 Å². The van der Waals surface area contributed by atoms with E-state index in [0.717, 1.165) is 103 Å². The summed E-state index contributed by atoms with van der Waals surface area (Å²) in [6.45, 7) is 3.46. The minimum absolute atomic E-state index is 0.0528. The first-order valence-electron chi connectivity index (χ1n) is 31.8. The highest BCUT2D eigenvalue weighted by Crippen LogP contribution is 2.27. The number of esters is 1. The fraction of sp³-hybridized carbons (Fsp3) is 0.746. The Morgan fingerprint density at radius 2 is 0.765 bits per heavy atom. The minimum atomic E-state index is -1.71. The first-order chi connectivity index (χ1) is 39.6. The van der Waals surface area contributed by atoms with Gasteiger partial charge < -0.3 is 64.2 Å². The van der Waals surface area contributed by atoms with E-state index in [1.54, 1.807) is 0 Å². The summed E-state index contributed by atoms with van der Waals surface area (Å²) in [5.74, 6) is -0.384. The lowest BCUT2D eigenvalue weighted by molar-refractivity contribution is -0.332. The number of hydrogen-bond donors (Lipinski definition) is 7. The van der Waals surface area contributed by atoms with E-state index in [1.165, 1.54) is 89.9 Å². The van der Waals surface area contributed by atoms with Crippen molar-refractivity contribution in [3.8, 4) is 0 Å². The number of aliphatic hydroxyl groups excluding tert-OH is 7. The molecule has 0 bridgehead atoms. The Morgan fingerprint density at radius 1 is 0.407 bits per heavy atom. The number of carbonyl (C=O) groups excluding carboxylic acids is 1. The van der Waals surface area contributed by atoms with E-state index in [-0.39, 0.29) is 25.6 Å². The number of unbranched alkanes of at least 4 members (excludes halogenated alkanes) is 21. The van der Waals surface area contributed by atoms with Gasteiger partial charge in [-0.1, -0.05) is 220 Å². The van der Waals surface area contributed by atoms with Crippen molar-refractivity contribution in [3.63, 3.8) is 0 Å². The average Bonchev–Trinajstić information content (AvgIpc) is 3.46. The molecule has 2 heterocycles. The van der Waals surface area contributed by atoms with Crippen molar-refractivity contribution in [2.24, 2.45) is 0 Å². The fourth-order valence-corrected chi connectivity index (χ4v) is 9.56. The van der Waals surface area contributed by atoms with E-state index >= 15 is 0 Å². The van der Waals surface area contributed by atoms with Crippen LogP contribution in [0.15, 0.2) is 97.2 Å². The van der Waals surface area contributed by atoms with Gasteiger partial charge in [0, 0.05) is 13.0 Å². The highest BCUT2D eigenvalue weighted by molar-refractivity contribution is 5.69. The molecule has 14 nitrogen and oxygen atoms in total. The second kappa shape index (κ2) is 52.5. The third-order valence-electron chi connectivity index (χ3n) is 14.6. The Hall–Kier alpha value is -3.09. The molecule has 81 heavy (non-hydrogen) atoms. The van der Waals surface area contributed by atoms with Gasteiger partial charge in [-0.25, -0.2) is 0 Å². The summed E-state index contributed by atoms with van der Waals surface area (Å²) in [4.78, 5) is 13.1. The Kier molecular flexibility index (Phi) is 47.9. The molecule has 0 spiro atoms. The lowest BCUT2D eigenvalue weighted by Crippen LogP contribution is -2.61. The number of allylic oxidation sites excluding steroid dienone is 16. The maximum Gasteiger partial charge on any atom is 0.306 e. The molecule has 2 aliphatic heterocycles. The first kappa shape index (κ1) is 74.0. The summed E-state index contributed by atoms with van der Waals surface area (Å²) < 4.78 is 34.5. The molecule has 0 saturated carbocycles. The number of ether oxygens (including phenoxy) is 6. The molecule has 0 aromatic carbocycles. The maximum atomic E-state index is 13.1. The lowest BCUT2D eigenvalue weighted by atomic mass is 9.98. The summed E-state index contributed by atoms with van der Waals surface area (Å²) in [7, 11) is 0. The van der Waals surface area contributed by atoms with Gasteiger partial charge in [0.05, 0.1) is 26.4 Å². The van der Waals surface area contributed by atoms with Crippen LogP contribution in [-0.4, -0.2) is 142 Å². The number of carbonyl (C=O) groups is 1. The van der Waals surface area contributed by atoms with Crippen molar-refractivity contribution in [2.45, 2.75) is 287 Å². The monoisotopic (exact) mass is 1140 g/mol. The molecule has 2 rings (SSSR count). The Morgan fingerprint density at radius 3 is 1.20 bits per heavy atom. The predicted octanol–water partition coefficient (Wildman–Crippen LogP) is 12.5. The molecule has 0 amide bonds. The van der Waals surface area contributed by atoms with Crippen molar-refractivity contribution in [2.75, 3.05) is 33.0 Å². The highest BCUT2D eigenvalue weighted by atomic mass is 16.7. The smallest absolute Gasteiger partial charge is 0.306 e. The molecule has 466 valence electrons. The lowest BCUT2D eigenvalue weighted by Gasteiger charge is -2.42. The molecule has 0 aliphatic carbocycles. The molecule has 11 unspecified atom stereocenters.